The van der Waals surface area contributed by atoms with Crippen molar-refractivity contribution in [2.45, 2.75) is 19.1 Å². The van der Waals surface area contributed by atoms with Crippen LogP contribution in [0.4, 0.5) is 0 Å². The Hall–Kier alpha value is -2.68. The zero-order valence-corrected chi connectivity index (χ0v) is 18.7. The molecule has 0 bridgehead atoms. The van der Waals surface area contributed by atoms with Gasteiger partial charge in [-0.2, -0.15) is 5.10 Å². The summed E-state index contributed by atoms with van der Waals surface area (Å²) in [4.78, 5) is 8.26. The molecule has 0 radical (unpaired) electrons. The monoisotopic (exact) mass is 438 g/mol. The van der Waals surface area contributed by atoms with Gasteiger partial charge in [-0.3, -0.25) is 14.6 Å². The highest BCUT2D eigenvalue weighted by molar-refractivity contribution is 7.10. The van der Waals surface area contributed by atoms with E-state index in [9.17, 15) is 0 Å². The van der Waals surface area contributed by atoms with Crippen molar-refractivity contribution in [2.75, 3.05) is 39.9 Å². The molecule has 1 fully saturated rings. The van der Waals surface area contributed by atoms with Crippen LogP contribution in [-0.4, -0.2) is 60.5 Å². The first kappa shape index (κ1) is 21.5. The minimum Gasteiger partial charge on any atom is -0.379 e. The Morgan fingerprint density at radius 2 is 1.97 bits per heavy atom. The lowest BCUT2D eigenvalue weighted by Gasteiger charge is -2.34. The summed E-state index contributed by atoms with van der Waals surface area (Å²) >= 11 is 1.80. The van der Waals surface area contributed by atoms with Crippen molar-refractivity contribution in [2.24, 2.45) is 4.99 Å². The second kappa shape index (κ2) is 11.1. The number of hydrogen-bond donors (Lipinski definition) is 2. The molecule has 3 heterocycles. The molecule has 1 aliphatic heterocycles. The molecule has 0 saturated carbocycles. The maximum atomic E-state index is 5.54. The summed E-state index contributed by atoms with van der Waals surface area (Å²) in [6.45, 7) is 5.75. The van der Waals surface area contributed by atoms with Crippen LogP contribution in [0.2, 0.25) is 0 Å². The zero-order valence-electron chi connectivity index (χ0n) is 17.9. The van der Waals surface area contributed by atoms with Gasteiger partial charge >= 0.3 is 0 Å². The van der Waals surface area contributed by atoms with Gasteiger partial charge in [-0.15, -0.1) is 11.3 Å². The van der Waals surface area contributed by atoms with E-state index in [0.717, 1.165) is 50.9 Å². The molecular formula is C23H30N6OS. The largest absolute Gasteiger partial charge is 0.379 e. The second-order valence-electron chi connectivity index (χ2n) is 7.52. The van der Waals surface area contributed by atoms with Gasteiger partial charge in [-0.25, -0.2) is 0 Å². The normalized spacial score (nSPS) is 16.2. The third-order valence-electron chi connectivity index (χ3n) is 5.38. The molecule has 0 aliphatic carbocycles. The number of nitrogens with one attached hydrogen (secondary N) is 2. The maximum Gasteiger partial charge on any atom is 0.191 e. The highest BCUT2D eigenvalue weighted by atomic mass is 32.1. The third kappa shape index (κ3) is 6.16. The molecule has 1 atom stereocenters. The number of guanidine groups is 1. The summed E-state index contributed by atoms with van der Waals surface area (Å²) in [5.41, 5.74) is 2.37. The first-order chi connectivity index (χ1) is 15.3. The fourth-order valence-electron chi connectivity index (χ4n) is 3.73. The summed E-state index contributed by atoms with van der Waals surface area (Å²) < 4.78 is 7.50. The van der Waals surface area contributed by atoms with Gasteiger partial charge in [0.15, 0.2) is 5.96 Å². The molecule has 2 aromatic heterocycles. The van der Waals surface area contributed by atoms with Gasteiger partial charge in [0.05, 0.1) is 32.0 Å². The standard InChI is InChI=1S/C23H30N6OS/c1-24-23(25-14-20-15-27-29(18-20)17-19-6-3-2-4-7-19)26-16-21(22-8-5-13-31-22)28-9-11-30-12-10-28/h2-8,13,15,18,21H,9-12,14,16-17H2,1H3,(H2,24,25,26). The lowest BCUT2D eigenvalue weighted by atomic mass is 10.2. The van der Waals surface area contributed by atoms with E-state index in [0.29, 0.717) is 12.6 Å². The number of aromatic nitrogens is 2. The van der Waals surface area contributed by atoms with E-state index in [-0.39, 0.29) is 0 Å². The van der Waals surface area contributed by atoms with Crippen LogP contribution in [0.25, 0.3) is 0 Å². The van der Waals surface area contributed by atoms with Crippen molar-refractivity contribution in [1.29, 1.82) is 0 Å². The van der Waals surface area contributed by atoms with Crippen molar-refractivity contribution in [1.82, 2.24) is 25.3 Å². The van der Waals surface area contributed by atoms with E-state index in [4.69, 9.17) is 4.74 Å². The van der Waals surface area contributed by atoms with Gasteiger partial charge in [0.1, 0.15) is 0 Å². The Balaban J connectivity index is 1.30. The van der Waals surface area contributed by atoms with Crippen molar-refractivity contribution >= 4 is 17.3 Å². The van der Waals surface area contributed by atoms with Crippen molar-refractivity contribution in [3.8, 4) is 0 Å². The van der Waals surface area contributed by atoms with Gasteiger partial charge in [-0.1, -0.05) is 36.4 Å². The van der Waals surface area contributed by atoms with Crippen molar-refractivity contribution in [3.05, 3.63) is 76.2 Å². The molecule has 4 rings (SSSR count). The topological polar surface area (TPSA) is 66.7 Å². The van der Waals surface area contributed by atoms with Crippen LogP contribution in [0.3, 0.4) is 0 Å². The quantitative estimate of drug-likeness (QED) is 0.418. The minimum atomic E-state index is 0.316. The molecule has 7 nitrogen and oxygen atoms in total. The van der Waals surface area contributed by atoms with E-state index in [1.54, 1.807) is 11.3 Å². The molecule has 164 valence electrons. The average molecular weight is 439 g/mol. The number of ether oxygens (including phenoxy) is 1. The van der Waals surface area contributed by atoms with Crippen molar-refractivity contribution < 1.29 is 4.74 Å². The fourth-order valence-corrected chi connectivity index (χ4v) is 4.59. The van der Waals surface area contributed by atoms with Crippen LogP contribution >= 0.6 is 11.3 Å². The lowest BCUT2D eigenvalue weighted by molar-refractivity contribution is 0.0177. The summed E-state index contributed by atoms with van der Waals surface area (Å²) in [6.07, 6.45) is 3.99. The van der Waals surface area contributed by atoms with E-state index in [1.165, 1.54) is 10.4 Å². The van der Waals surface area contributed by atoms with Crippen LogP contribution in [0.1, 0.15) is 22.0 Å². The Morgan fingerprint density at radius 3 is 2.71 bits per heavy atom. The van der Waals surface area contributed by atoms with E-state index >= 15 is 0 Å². The van der Waals surface area contributed by atoms with Gasteiger partial charge in [0.2, 0.25) is 0 Å². The number of aliphatic imine (C=N–C) groups is 1. The Kier molecular flexibility index (Phi) is 7.71. The van der Waals surface area contributed by atoms with Crippen LogP contribution < -0.4 is 10.6 Å². The predicted molar refractivity (Wildman–Crippen MR) is 125 cm³/mol. The van der Waals surface area contributed by atoms with Gasteiger partial charge in [-0.05, 0) is 17.0 Å². The zero-order chi connectivity index (χ0) is 21.3. The molecule has 0 spiro atoms. The first-order valence-electron chi connectivity index (χ1n) is 10.7. The maximum absolute atomic E-state index is 5.54. The number of rotatable bonds is 8. The summed E-state index contributed by atoms with van der Waals surface area (Å²) in [7, 11) is 1.81. The molecule has 2 N–H and O–H groups in total. The average Bonchev–Trinajstić information content (AvgIpc) is 3.50. The summed E-state index contributed by atoms with van der Waals surface area (Å²) in [5, 5.41) is 13.5. The van der Waals surface area contributed by atoms with Crippen LogP contribution in [0.15, 0.2) is 65.2 Å². The molecule has 3 aromatic rings. The van der Waals surface area contributed by atoms with E-state index in [2.05, 4.69) is 73.6 Å². The highest BCUT2D eigenvalue weighted by Gasteiger charge is 2.23. The predicted octanol–water partition coefficient (Wildman–Crippen LogP) is 2.73. The number of hydrogen-bond acceptors (Lipinski definition) is 5. The van der Waals surface area contributed by atoms with Crippen molar-refractivity contribution in [3.63, 3.8) is 0 Å². The summed E-state index contributed by atoms with van der Waals surface area (Å²) in [6, 6.07) is 15.0. The number of benzene rings is 1. The SMILES string of the molecule is CN=C(NCc1cnn(Cc2ccccc2)c1)NCC(c1cccs1)N1CCOCC1. The Bertz CT molecular complexity index is 934. The fraction of sp³-hybridized carbons (Fsp3) is 0.391. The first-order valence-corrected chi connectivity index (χ1v) is 11.5. The van der Waals surface area contributed by atoms with Gasteiger partial charge < -0.3 is 15.4 Å². The van der Waals surface area contributed by atoms with Gasteiger partial charge in [0.25, 0.3) is 0 Å². The number of nitrogens with zero attached hydrogens (tertiary/aromatic N) is 4. The van der Waals surface area contributed by atoms with Crippen LogP contribution in [0.5, 0.6) is 0 Å². The van der Waals surface area contributed by atoms with Crippen LogP contribution in [0, 0.1) is 0 Å². The molecule has 1 aliphatic rings. The smallest absolute Gasteiger partial charge is 0.191 e. The minimum absolute atomic E-state index is 0.316. The summed E-state index contributed by atoms with van der Waals surface area (Å²) in [5.74, 6) is 0.797. The molecule has 8 heteroatoms. The second-order valence-corrected chi connectivity index (χ2v) is 8.50. The number of thiophene rings is 1. The molecule has 31 heavy (non-hydrogen) atoms. The Morgan fingerprint density at radius 1 is 1.13 bits per heavy atom. The van der Waals surface area contributed by atoms with Crippen LogP contribution in [-0.2, 0) is 17.8 Å². The lowest BCUT2D eigenvalue weighted by Crippen LogP contribution is -2.46. The Labute approximate surface area is 187 Å². The molecular weight excluding hydrogens is 408 g/mol. The van der Waals surface area contributed by atoms with E-state index in [1.807, 2.05) is 24.0 Å². The van der Waals surface area contributed by atoms with E-state index < -0.39 is 0 Å². The number of morpholine rings is 1. The van der Waals surface area contributed by atoms with Gasteiger partial charge in [0, 0.05) is 49.9 Å². The molecule has 1 saturated heterocycles. The third-order valence-corrected chi connectivity index (χ3v) is 6.35. The molecule has 1 unspecified atom stereocenters. The molecule has 0 amide bonds. The highest BCUT2D eigenvalue weighted by Crippen LogP contribution is 2.25. The molecule has 1 aromatic carbocycles.